The lowest BCUT2D eigenvalue weighted by molar-refractivity contribution is -0.151. The van der Waals surface area contributed by atoms with Gasteiger partial charge in [-0.15, -0.1) is 0 Å². The molecular weight excluding hydrogens is 505 g/mol. The molecule has 31 heavy (non-hydrogen) atoms. The monoisotopic (exact) mass is 518 g/mol. The molecule has 2 amide bonds. The first-order chi connectivity index (χ1) is 14.5. The number of nitrogens with one attached hydrogen (secondary N) is 1. The van der Waals surface area contributed by atoms with Crippen LogP contribution in [0, 0.1) is 5.92 Å². The van der Waals surface area contributed by atoms with Crippen LogP contribution in [0.3, 0.4) is 0 Å². The summed E-state index contributed by atoms with van der Waals surface area (Å²) in [5.41, 5.74) is -0.614. The molecule has 1 heterocycles. The molecule has 0 aromatic heterocycles. The highest BCUT2D eigenvalue weighted by molar-refractivity contribution is 9.10. The van der Waals surface area contributed by atoms with Gasteiger partial charge in [-0.1, -0.05) is 27.5 Å². The van der Waals surface area contributed by atoms with Gasteiger partial charge in [0.25, 0.3) is 5.91 Å². The van der Waals surface area contributed by atoms with Crippen molar-refractivity contribution in [2.24, 2.45) is 5.92 Å². The van der Waals surface area contributed by atoms with E-state index in [2.05, 4.69) is 21.2 Å². The molecule has 0 spiro atoms. The van der Waals surface area contributed by atoms with Crippen LogP contribution in [-0.2, 0) is 25.3 Å². The van der Waals surface area contributed by atoms with Crippen LogP contribution in [0.1, 0.15) is 12.0 Å². The minimum Gasteiger partial charge on any atom is -0.455 e. The number of esters is 1. The number of amides is 2. The number of ether oxygens (including phenoxy) is 1. The number of hydrogen-bond donors (Lipinski definition) is 1. The number of carbonyl (C=O) groups is 3. The van der Waals surface area contributed by atoms with Crippen LogP contribution in [0.4, 0.5) is 24.5 Å². The minimum absolute atomic E-state index is 0.0734. The zero-order valence-electron chi connectivity index (χ0n) is 15.7. The smallest absolute Gasteiger partial charge is 0.416 e. The van der Waals surface area contributed by atoms with Crippen molar-refractivity contribution in [1.82, 2.24) is 0 Å². The number of rotatable bonds is 5. The average molecular weight is 520 g/mol. The number of halogens is 5. The van der Waals surface area contributed by atoms with E-state index in [0.717, 1.165) is 16.6 Å². The van der Waals surface area contributed by atoms with Crippen LogP contribution >= 0.6 is 27.5 Å². The maximum atomic E-state index is 12.8. The fourth-order valence-electron chi connectivity index (χ4n) is 2.97. The molecule has 3 rings (SSSR count). The third-order valence-electron chi connectivity index (χ3n) is 4.51. The predicted molar refractivity (Wildman–Crippen MR) is 111 cm³/mol. The lowest BCUT2D eigenvalue weighted by Crippen LogP contribution is -2.28. The van der Waals surface area contributed by atoms with Crippen molar-refractivity contribution in [2.45, 2.75) is 12.6 Å². The first kappa shape index (κ1) is 23.1. The summed E-state index contributed by atoms with van der Waals surface area (Å²) in [5, 5.41) is 2.09. The van der Waals surface area contributed by atoms with Crippen molar-refractivity contribution >= 4 is 56.7 Å². The normalized spacial score (nSPS) is 16.4. The average Bonchev–Trinajstić information content (AvgIpc) is 3.09. The van der Waals surface area contributed by atoms with Crippen molar-refractivity contribution in [3.63, 3.8) is 0 Å². The molecule has 2 aromatic carbocycles. The highest BCUT2D eigenvalue weighted by Crippen LogP contribution is 2.34. The van der Waals surface area contributed by atoms with Gasteiger partial charge in [-0.3, -0.25) is 14.4 Å². The van der Waals surface area contributed by atoms with Gasteiger partial charge in [0.2, 0.25) is 5.91 Å². The van der Waals surface area contributed by atoms with Crippen LogP contribution < -0.4 is 10.2 Å². The molecule has 1 N–H and O–H groups in total. The van der Waals surface area contributed by atoms with Gasteiger partial charge in [-0.2, -0.15) is 13.2 Å². The highest BCUT2D eigenvalue weighted by atomic mass is 79.9. The molecule has 0 radical (unpaired) electrons. The van der Waals surface area contributed by atoms with Crippen LogP contribution in [-0.4, -0.2) is 30.9 Å². The van der Waals surface area contributed by atoms with Gasteiger partial charge in [0, 0.05) is 23.1 Å². The lowest BCUT2D eigenvalue weighted by atomic mass is 10.1. The Hall–Kier alpha value is -2.59. The number of nitrogens with zero attached hydrogens (tertiary/aromatic N) is 1. The quantitative estimate of drug-likeness (QED) is 0.583. The van der Waals surface area contributed by atoms with Crippen molar-refractivity contribution in [3.05, 3.63) is 57.5 Å². The van der Waals surface area contributed by atoms with Gasteiger partial charge >= 0.3 is 12.1 Å². The maximum Gasteiger partial charge on any atom is 0.416 e. The largest absolute Gasteiger partial charge is 0.455 e. The number of benzene rings is 2. The Bertz CT molecular complexity index is 1010. The molecule has 11 heteroatoms. The van der Waals surface area contributed by atoms with Gasteiger partial charge in [0.05, 0.1) is 22.2 Å². The van der Waals surface area contributed by atoms with Crippen LogP contribution in [0.25, 0.3) is 0 Å². The van der Waals surface area contributed by atoms with Crippen LogP contribution in [0.2, 0.25) is 5.02 Å². The third kappa shape index (κ3) is 5.76. The molecule has 1 atom stereocenters. The Balaban J connectivity index is 1.56. The highest BCUT2D eigenvalue weighted by Gasteiger charge is 2.36. The number of hydrogen-bond acceptors (Lipinski definition) is 4. The standard InChI is InChI=1S/C20H15BrClF3N2O4/c21-13-2-4-14(5-3-13)27-9-11(7-18(27)29)19(30)31-10-17(28)26-16-8-12(20(23,24)25)1-6-15(16)22/h1-6,8,11H,7,9-10H2,(H,26,28)/t11-/m0/s1. The first-order valence-electron chi connectivity index (χ1n) is 8.94. The second kappa shape index (κ2) is 9.27. The topological polar surface area (TPSA) is 75.7 Å². The molecule has 6 nitrogen and oxygen atoms in total. The van der Waals surface area contributed by atoms with E-state index >= 15 is 0 Å². The zero-order chi connectivity index (χ0) is 22.8. The van der Waals surface area contributed by atoms with E-state index in [0.29, 0.717) is 11.8 Å². The second-order valence-corrected chi connectivity index (χ2v) is 8.05. The van der Waals surface area contributed by atoms with E-state index in [-0.39, 0.29) is 29.6 Å². The van der Waals surface area contributed by atoms with Gasteiger partial charge < -0.3 is 15.0 Å². The summed E-state index contributed by atoms with van der Waals surface area (Å²) in [6, 6.07) is 9.45. The summed E-state index contributed by atoms with van der Waals surface area (Å²) in [5.74, 6) is -2.63. The Kier molecular flexibility index (Phi) is 6.90. The Morgan fingerprint density at radius 1 is 1.19 bits per heavy atom. The fourth-order valence-corrected chi connectivity index (χ4v) is 3.40. The Morgan fingerprint density at radius 2 is 1.87 bits per heavy atom. The van der Waals surface area contributed by atoms with Gasteiger partial charge in [-0.05, 0) is 42.5 Å². The zero-order valence-corrected chi connectivity index (χ0v) is 18.1. The molecule has 0 unspecified atom stereocenters. The van der Waals surface area contributed by atoms with Crippen molar-refractivity contribution in [1.29, 1.82) is 0 Å². The summed E-state index contributed by atoms with van der Waals surface area (Å²) in [4.78, 5) is 38.0. The predicted octanol–water partition coefficient (Wildman–Crippen LogP) is 4.66. The van der Waals surface area contributed by atoms with E-state index < -0.39 is 36.1 Å². The maximum absolute atomic E-state index is 12.8. The summed E-state index contributed by atoms with van der Waals surface area (Å²) in [6.07, 6.45) is -4.68. The summed E-state index contributed by atoms with van der Waals surface area (Å²) in [6.45, 7) is -0.630. The second-order valence-electron chi connectivity index (χ2n) is 6.73. The van der Waals surface area contributed by atoms with Gasteiger partial charge in [0.15, 0.2) is 6.61 Å². The van der Waals surface area contributed by atoms with E-state index in [9.17, 15) is 27.6 Å². The number of alkyl halides is 3. The third-order valence-corrected chi connectivity index (χ3v) is 5.37. The minimum atomic E-state index is -4.60. The van der Waals surface area contributed by atoms with E-state index in [1.807, 2.05) is 0 Å². The summed E-state index contributed by atoms with van der Waals surface area (Å²) >= 11 is 9.12. The molecule has 1 aliphatic rings. The van der Waals surface area contributed by atoms with Crippen molar-refractivity contribution in [2.75, 3.05) is 23.4 Å². The number of carbonyl (C=O) groups excluding carboxylic acids is 3. The van der Waals surface area contributed by atoms with Crippen molar-refractivity contribution in [3.8, 4) is 0 Å². The Morgan fingerprint density at radius 3 is 2.52 bits per heavy atom. The van der Waals surface area contributed by atoms with E-state index in [4.69, 9.17) is 16.3 Å². The van der Waals surface area contributed by atoms with Crippen LogP contribution in [0.15, 0.2) is 46.9 Å². The van der Waals surface area contributed by atoms with Crippen LogP contribution in [0.5, 0.6) is 0 Å². The molecule has 1 aliphatic heterocycles. The number of anilines is 2. The molecular formula is C20H15BrClF3N2O4. The van der Waals surface area contributed by atoms with Crippen molar-refractivity contribution < 1.29 is 32.3 Å². The molecule has 0 bridgehead atoms. The molecule has 2 aromatic rings. The van der Waals surface area contributed by atoms with Gasteiger partial charge in [0.1, 0.15) is 0 Å². The Labute approximate surface area is 188 Å². The molecule has 0 saturated carbocycles. The summed E-state index contributed by atoms with van der Waals surface area (Å²) in [7, 11) is 0. The molecule has 1 fully saturated rings. The molecule has 164 valence electrons. The fraction of sp³-hybridized carbons (Fsp3) is 0.250. The molecule has 0 aliphatic carbocycles. The van der Waals surface area contributed by atoms with E-state index in [1.165, 1.54) is 4.90 Å². The molecule has 1 saturated heterocycles. The first-order valence-corrected chi connectivity index (χ1v) is 10.1. The SMILES string of the molecule is O=C(COC(=O)[C@H]1CC(=O)N(c2ccc(Br)cc2)C1)Nc1cc(C(F)(F)F)ccc1Cl. The lowest BCUT2D eigenvalue weighted by Gasteiger charge is -2.16. The van der Waals surface area contributed by atoms with E-state index in [1.54, 1.807) is 24.3 Å². The summed E-state index contributed by atoms with van der Waals surface area (Å²) < 4.78 is 44.2. The van der Waals surface area contributed by atoms with Gasteiger partial charge in [-0.25, -0.2) is 0 Å².